The molecular formula is C24H24N2O2S. The third-order valence-corrected chi connectivity index (χ3v) is 6.32. The number of aromatic nitrogens is 1. The first-order chi connectivity index (χ1) is 13.9. The number of imide groups is 1. The summed E-state index contributed by atoms with van der Waals surface area (Å²) in [5.74, 6) is -0.220. The Balaban J connectivity index is 1.64. The number of hydrogen-bond donors (Lipinski definition) is 0. The van der Waals surface area contributed by atoms with Gasteiger partial charge in [-0.3, -0.25) is 14.5 Å². The molecule has 0 bridgehead atoms. The van der Waals surface area contributed by atoms with E-state index in [2.05, 4.69) is 38.3 Å². The van der Waals surface area contributed by atoms with Crippen molar-refractivity contribution in [3.63, 3.8) is 0 Å². The minimum atomic E-state index is -0.220. The summed E-state index contributed by atoms with van der Waals surface area (Å²) in [5.41, 5.74) is 4.23. The number of rotatable bonds is 4. The number of thioether (sulfide) groups is 1. The zero-order valence-corrected chi connectivity index (χ0v) is 17.9. The molecule has 0 aliphatic carbocycles. The van der Waals surface area contributed by atoms with Crippen LogP contribution in [0, 0.1) is 13.8 Å². The number of carbonyl (C=O) groups excluding carboxylic acids is 2. The monoisotopic (exact) mass is 404 g/mol. The number of benzene rings is 2. The minimum absolute atomic E-state index is 0.216. The molecule has 2 aromatic carbocycles. The molecular weight excluding hydrogens is 380 g/mol. The van der Waals surface area contributed by atoms with E-state index in [9.17, 15) is 9.59 Å². The zero-order chi connectivity index (χ0) is 20.7. The summed E-state index contributed by atoms with van der Waals surface area (Å²) in [6, 6.07) is 16.4. The van der Waals surface area contributed by atoms with Gasteiger partial charge in [0.05, 0.1) is 11.4 Å². The van der Waals surface area contributed by atoms with Gasteiger partial charge in [0.15, 0.2) is 0 Å². The summed E-state index contributed by atoms with van der Waals surface area (Å²) in [6.07, 6.45) is 1.86. The number of aryl methyl sites for hydroxylation is 1. The highest BCUT2D eigenvalue weighted by Gasteiger charge is 2.35. The standard InChI is InChI=1S/C24H24N2O2S/c1-15(2)26-16(3)12-20(17(26)4)13-22-23(27)25(24(28)29-22)14-19-10-7-9-18-8-5-6-11-21(18)19/h5-13,15H,14H2,1-4H3/b22-13+. The molecule has 148 valence electrons. The largest absolute Gasteiger partial charge is 0.346 e. The second kappa shape index (κ2) is 7.56. The molecule has 4 rings (SSSR count). The summed E-state index contributed by atoms with van der Waals surface area (Å²) < 4.78 is 2.24. The van der Waals surface area contributed by atoms with Crippen molar-refractivity contribution in [3.8, 4) is 0 Å². The van der Waals surface area contributed by atoms with Crippen LogP contribution in [0.15, 0.2) is 53.4 Å². The zero-order valence-electron chi connectivity index (χ0n) is 17.1. The van der Waals surface area contributed by atoms with Crippen molar-refractivity contribution in [2.75, 3.05) is 0 Å². The molecule has 4 nitrogen and oxygen atoms in total. The molecule has 0 atom stereocenters. The third-order valence-electron chi connectivity index (χ3n) is 5.41. The lowest BCUT2D eigenvalue weighted by Gasteiger charge is -2.14. The van der Waals surface area contributed by atoms with Crippen molar-refractivity contribution >= 4 is 39.8 Å². The Bertz CT molecular complexity index is 1150. The first kappa shape index (κ1) is 19.5. The molecule has 1 fully saturated rings. The number of nitrogens with zero attached hydrogens (tertiary/aromatic N) is 2. The van der Waals surface area contributed by atoms with Crippen LogP contribution < -0.4 is 0 Å². The molecule has 1 aliphatic heterocycles. The lowest BCUT2D eigenvalue weighted by Crippen LogP contribution is -2.27. The molecule has 1 aliphatic rings. The molecule has 0 spiro atoms. The van der Waals surface area contributed by atoms with Crippen LogP contribution in [0.5, 0.6) is 0 Å². The maximum atomic E-state index is 13.0. The van der Waals surface area contributed by atoms with E-state index in [0.29, 0.717) is 10.9 Å². The lowest BCUT2D eigenvalue weighted by atomic mass is 10.0. The van der Waals surface area contributed by atoms with E-state index in [1.165, 1.54) is 4.90 Å². The maximum Gasteiger partial charge on any atom is 0.293 e. The van der Waals surface area contributed by atoms with E-state index in [-0.39, 0.29) is 17.7 Å². The maximum absolute atomic E-state index is 13.0. The highest BCUT2D eigenvalue weighted by molar-refractivity contribution is 8.18. The van der Waals surface area contributed by atoms with Gasteiger partial charge in [-0.2, -0.15) is 0 Å². The van der Waals surface area contributed by atoms with E-state index in [4.69, 9.17) is 0 Å². The molecule has 0 saturated carbocycles. The van der Waals surface area contributed by atoms with Gasteiger partial charge in [-0.15, -0.1) is 0 Å². The molecule has 0 unspecified atom stereocenters. The van der Waals surface area contributed by atoms with Crippen molar-refractivity contribution in [1.82, 2.24) is 9.47 Å². The number of carbonyl (C=O) groups is 2. The van der Waals surface area contributed by atoms with Gasteiger partial charge in [-0.05, 0) is 73.5 Å². The molecule has 29 heavy (non-hydrogen) atoms. The Kier molecular flexibility index (Phi) is 5.09. The van der Waals surface area contributed by atoms with Gasteiger partial charge < -0.3 is 4.57 Å². The van der Waals surface area contributed by atoms with E-state index in [1.54, 1.807) is 0 Å². The summed E-state index contributed by atoms with van der Waals surface area (Å²) in [5, 5.41) is 1.96. The fraction of sp³-hybridized carbons (Fsp3) is 0.250. The average Bonchev–Trinajstić information content (AvgIpc) is 3.11. The molecule has 3 aromatic rings. The summed E-state index contributed by atoms with van der Waals surface area (Å²) in [7, 11) is 0. The fourth-order valence-corrected chi connectivity index (χ4v) is 4.95. The van der Waals surface area contributed by atoms with Crippen LogP contribution in [-0.2, 0) is 11.3 Å². The molecule has 5 heteroatoms. The van der Waals surface area contributed by atoms with Crippen molar-refractivity contribution in [1.29, 1.82) is 0 Å². The lowest BCUT2D eigenvalue weighted by molar-refractivity contribution is -0.123. The van der Waals surface area contributed by atoms with Crippen molar-refractivity contribution in [2.24, 2.45) is 0 Å². The fourth-order valence-electron chi connectivity index (χ4n) is 4.12. The van der Waals surface area contributed by atoms with Crippen LogP contribution in [0.4, 0.5) is 4.79 Å². The van der Waals surface area contributed by atoms with Crippen LogP contribution in [0.25, 0.3) is 16.8 Å². The van der Waals surface area contributed by atoms with Crippen LogP contribution in [-0.4, -0.2) is 20.6 Å². The van der Waals surface area contributed by atoms with Crippen molar-refractivity contribution in [3.05, 3.63) is 76.0 Å². The van der Waals surface area contributed by atoms with Crippen LogP contribution >= 0.6 is 11.8 Å². The van der Waals surface area contributed by atoms with Crippen molar-refractivity contribution in [2.45, 2.75) is 40.3 Å². The first-order valence-electron chi connectivity index (χ1n) is 9.77. The van der Waals surface area contributed by atoms with E-state index < -0.39 is 0 Å². The summed E-state index contributed by atoms with van der Waals surface area (Å²) in [4.78, 5) is 27.5. The van der Waals surface area contributed by atoms with Gasteiger partial charge in [-0.1, -0.05) is 42.5 Å². The van der Waals surface area contributed by atoms with Gasteiger partial charge in [0, 0.05) is 17.4 Å². The molecule has 2 heterocycles. The van der Waals surface area contributed by atoms with Crippen LogP contribution in [0.3, 0.4) is 0 Å². The average molecular weight is 405 g/mol. The van der Waals surface area contributed by atoms with Gasteiger partial charge in [0.2, 0.25) is 0 Å². The van der Waals surface area contributed by atoms with Crippen molar-refractivity contribution < 1.29 is 9.59 Å². The molecule has 2 amide bonds. The topological polar surface area (TPSA) is 42.3 Å². The predicted octanol–water partition coefficient (Wildman–Crippen LogP) is 6.08. The summed E-state index contributed by atoms with van der Waals surface area (Å²) >= 11 is 1.02. The Morgan fingerprint density at radius 2 is 1.76 bits per heavy atom. The Hall–Kier alpha value is -2.79. The van der Waals surface area contributed by atoms with E-state index in [0.717, 1.165) is 45.0 Å². The molecule has 1 aromatic heterocycles. The van der Waals surface area contributed by atoms with E-state index in [1.807, 2.05) is 48.5 Å². The van der Waals surface area contributed by atoms with Gasteiger partial charge in [0.25, 0.3) is 11.1 Å². The number of hydrogen-bond acceptors (Lipinski definition) is 3. The minimum Gasteiger partial charge on any atom is -0.346 e. The molecule has 0 N–H and O–H groups in total. The summed E-state index contributed by atoms with van der Waals surface area (Å²) in [6.45, 7) is 8.69. The quantitative estimate of drug-likeness (QED) is 0.495. The Morgan fingerprint density at radius 3 is 2.48 bits per heavy atom. The second-order valence-corrected chi connectivity index (χ2v) is 8.69. The highest BCUT2D eigenvalue weighted by Crippen LogP contribution is 2.35. The Labute approximate surface area is 175 Å². The number of fused-ring (bicyclic) bond motifs is 1. The van der Waals surface area contributed by atoms with Crippen LogP contribution in [0.1, 0.15) is 42.4 Å². The third kappa shape index (κ3) is 3.51. The SMILES string of the molecule is Cc1cc(/C=C2/SC(=O)N(Cc3cccc4ccccc34)C2=O)c(C)n1C(C)C. The van der Waals surface area contributed by atoms with E-state index >= 15 is 0 Å². The first-order valence-corrected chi connectivity index (χ1v) is 10.6. The number of amides is 2. The van der Waals surface area contributed by atoms with Gasteiger partial charge in [0.1, 0.15) is 0 Å². The molecule has 1 saturated heterocycles. The predicted molar refractivity (Wildman–Crippen MR) is 120 cm³/mol. The van der Waals surface area contributed by atoms with Gasteiger partial charge >= 0.3 is 0 Å². The highest BCUT2D eigenvalue weighted by atomic mass is 32.2. The molecule has 0 radical (unpaired) electrons. The second-order valence-electron chi connectivity index (χ2n) is 7.70. The van der Waals surface area contributed by atoms with Crippen LogP contribution in [0.2, 0.25) is 0 Å². The normalized spacial score (nSPS) is 16.0. The van der Waals surface area contributed by atoms with Gasteiger partial charge in [-0.25, -0.2) is 0 Å². The smallest absolute Gasteiger partial charge is 0.293 e. The Morgan fingerprint density at radius 1 is 1.03 bits per heavy atom.